The van der Waals surface area contributed by atoms with Gasteiger partial charge in [0.15, 0.2) is 0 Å². The van der Waals surface area contributed by atoms with Crippen LogP contribution in [0.2, 0.25) is 0 Å². The van der Waals surface area contributed by atoms with Crippen LogP contribution in [0, 0.1) is 6.92 Å². The Morgan fingerprint density at radius 2 is 2.39 bits per heavy atom. The van der Waals surface area contributed by atoms with E-state index in [0.717, 1.165) is 16.3 Å². The van der Waals surface area contributed by atoms with Gasteiger partial charge in [0.1, 0.15) is 9.88 Å². The van der Waals surface area contributed by atoms with Crippen LogP contribution in [0.15, 0.2) is 16.8 Å². The van der Waals surface area contributed by atoms with E-state index in [1.807, 2.05) is 23.8 Å². The smallest absolute Gasteiger partial charge is 0.263 e. The second-order valence-corrected chi connectivity index (χ2v) is 5.78. The number of hydrogen-bond donors (Lipinski definition) is 2. The molecule has 0 aromatic carbocycles. The van der Waals surface area contributed by atoms with Crippen molar-refractivity contribution in [2.75, 3.05) is 6.54 Å². The third kappa shape index (κ3) is 2.95. The van der Waals surface area contributed by atoms with Crippen LogP contribution in [-0.4, -0.2) is 28.6 Å². The first-order valence-corrected chi connectivity index (χ1v) is 7.30. The van der Waals surface area contributed by atoms with Crippen LogP contribution < -0.4 is 5.32 Å². The Morgan fingerprint density at radius 1 is 1.61 bits per heavy atom. The van der Waals surface area contributed by atoms with E-state index in [0.29, 0.717) is 4.88 Å². The van der Waals surface area contributed by atoms with Gasteiger partial charge in [-0.1, -0.05) is 0 Å². The average Bonchev–Trinajstić information content (AvgIpc) is 2.94. The van der Waals surface area contributed by atoms with Gasteiger partial charge < -0.3 is 10.4 Å². The lowest BCUT2D eigenvalue weighted by molar-refractivity contribution is 0.0927. The maximum absolute atomic E-state index is 11.9. The van der Waals surface area contributed by atoms with Gasteiger partial charge in [-0.3, -0.25) is 4.79 Å². The number of carbonyl (C=O) groups is 1. The first-order chi connectivity index (χ1) is 8.58. The van der Waals surface area contributed by atoms with E-state index < -0.39 is 6.10 Å². The molecule has 2 N–H and O–H groups in total. The van der Waals surface area contributed by atoms with Crippen molar-refractivity contribution in [3.8, 4) is 10.6 Å². The summed E-state index contributed by atoms with van der Waals surface area (Å²) in [5.41, 5.74) is 1.77. The minimum atomic E-state index is -0.543. The van der Waals surface area contributed by atoms with Crippen molar-refractivity contribution in [1.82, 2.24) is 10.3 Å². The number of nitrogens with zero attached hydrogens (tertiary/aromatic N) is 1. The minimum Gasteiger partial charge on any atom is -0.392 e. The van der Waals surface area contributed by atoms with E-state index in [4.69, 9.17) is 5.11 Å². The van der Waals surface area contributed by atoms with Gasteiger partial charge >= 0.3 is 0 Å². The molecule has 0 bridgehead atoms. The largest absolute Gasteiger partial charge is 0.392 e. The molecule has 1 unspecified atom stereocenters. The molecule has 0 radical (unpaired) electrons. The first-order valence-electron chi connectivity index (χ1n) is 5.54. The van der Waals surface area contributed by atoms with Crippen molar-refractivity contribution in [1.29, 1.82) is 0 Å². The van der Waals surface area contributed by atoms with E-state index >= 15 is 0 Å². The quantitative estimate of drug-likeness (QED) is 0.904. The lowest BCUT2D eigenvalue weighted by Gasteiger charge is -2.05. The van der Waals surface area contributed by atoms with E-state index in [1.165, 1.54) is 11.3 Å². The summed E-state index contributed by atoms with van der Waals surface area (Å²) >= 11 is 2.98. The topological polar surface area (TPSA) is 62.2 Å². The summed E-state index contributed by atoms with van der Waals surface area (Å²) in [7, 11) is 0. The van der Waals surface area contributed by atoms with Gasteiger partial charge in [-0.25, -0.2) is 4.98 Å². The maximum atomic E-state index is 11.9. The Hall–Kier alpha value is -1.24. The average molecular weight is 282 g/mol. The third-order valence-corrected chi connectivity index (χ3v) is 4.22. The summed E-state index contributed by atoms with van der Waals surface area (Å²) in [6.45, 7) is 3.71. The zero-order chi connectivity index (χ0) is 13.1. The van der Waals surface area contributed by atoms with Crippen molar-refractivity contribution in [2.45, 2.75) is 20.0 Å². The molecule has 0 spiro atoms. The number of aliphatic hydroxyl groups is 1. The van der Waals surface area contributed by atoms with Gasteiger partial charge in [-0.2, -0.15) is 11.3 Å². The summed E-state index contributed by atoms with van der Waals surface area (Å²) in [5, 5.41) is 16.7. The molecule has 0 aliphatic carbocycles. The number of nitrogens with one attached hydrogen (secondary N) is 1. The molecule has 2 heterocycles. The fraction of sp³-hybridized carbons (Fsp3) is 0.333. The molecule has 18 heavy (non-hydrogen) atoms. The predicted molar refractivity (Wildman–Crippen MR) is 74.2 cm³/mol. The highest BCUT2D eigenvalue weighted by atomic mass is 32.1. The second-order valence-electron chi connectivity index (χ2n) is 4.00. The predicted octanol–water partition coefficient (Wildman–Crippen LogP) is 2.29. The number of thiazole rings is 1. The lowest BCUT2D eigenvalue weighted by atomic mass is 10.3. The number of aromatic nitrogens is 1. The van der Waals surface area contributed by atoms with Crippen LogP contribution in [0.1, 0.15) is 22.3 Å². The van der Waals surface area contributed by atoms with Crippen molar-refractivity contribution in [2.24, 2.45) is 0 Å². The number of carbonyl (C=O) groups excluding carboxylic acids is 1. The summed E-state index contributed by atoms with van der Waals surface area (Å²) < 4.78 is 0. The van der Waals surface area contributed by atoms with Crippen molar-refractivity contribution in [3.63, 3.8) is 0 Å². The van der Waals surface area contributed by atoms with Gasteiger partial charge in [-0.15, -0.1) is 11.3 Å². The van der Waals surface area contributed by atoms with Crippen LogP contribution in [0.3, 0.4) is 0 Å². The zero-order valence-corrected chi connectivity index (χ0v) is 11.8. The molecule has 1 amide bonds. The molecule has 0 aliphatic rings. The molecular weight excluding hydrogens is 268 g/mol. The number of aryl methyl sites for hydroxylation is 1. The van der Waals surface area contributed by atoms with E-state index in [-0.39, 0.29) is 12.5 Å². The number of hydrogen-bond acceptors (Lipinski definition) is 5. The molecule has 6 heteroatoms. The van der Waals surface area contributed by atoms with Crippen molar-refractivity contribution >= 4 is 28.6 Å². The summed E-state index contributed by atoms with van der Waals surface area (Å²) in [4.78, 5) is 16.9. The summed E-state index contributed by atoms with van der Waals surface area (Å²) in [5.74, 6) is -0.174. The second kappa shape index (κ2) is 5.60. The van der Waals surface area contributed by atoms with Crippen LogP contribution in [0.5, 0.6) is 0 Å². The molecule has 2 aromatic heterocycles. The van der Waals surface area contributed by atoms with Gasteiger partial charge in [0.05, 0.1) is 11.8 Å². The Balaban J connectivity index is 2.17. The number of amides is 1. The Labute approximate surface area is 113 Å². The number of aliphatic hydroxyl groups excluding tert-OH is 1. The van der Waals surface area contributed by atoms with Gasteiger partial charge in [0.25, 0.3) is 5.91 Å². The first kappa shape index (κ1) is 13.2. The molecule has 2 rings (SSSR count). The molecule has 0 fully saturated rings. The molecular formula is C12H14N2O2S2. The van der Waals surface area contributed by atoms with E-state index in [1.54, 1.807) is 18.3 Å². The van der Waals surface area contributed by atoms with E-state index in [2.05, 4.69) is 10.3 Å². The normalized spacial score (nSPS) is 12.4. The molecule has 0 saturated heterocycles. The molecule has 2 aromatic rings. The van der Waals surface area contributed by atoms with Crippen molar-refractivity contribution < 1.29 is 9.90 Å². The Kier molecular flexibility index (Phi) is 4.11. The van der Waals surface area contributed by atoms with Gasteiger partial charge in [-0.05, 0) is 25.3 Å². The molecule has 4 nitrogen and oxygen atoms in total. The number of thiophene rings is 1. The SMILES string of the molecule is Cc1nc(-c2ccsc2)sc1C(=O)NCC(C)O. The highest BCUT2D eigenvalue weighted by Gasteiger charge is 2.16. The lowest BCUT2D eigenvalue weighted by Crippen LogP contribution is -2.30. The Bertz CT molecular complexity index is 532. The standard InChI is InChI=1S/C12H14N2O2S2/c1-7(15)5-13-11(16)10-8(2)14-12(18-10)9-3-4-17-6-9/h3-4,6-7,15H,5H2,1-2H3,(H,13,16). The van der Waals surface area contributed by atoms with Crippen LogP contribution in [0.4, 0.5) is 0 Å². The van der Waals surface area contributed by atoms with Crippen LogP contribution >= 0.6 is 22.7 Å². The third-order valence-electron chi connectivity index (χ3n) is 2.33. The Morgan fingerprint density at radius 3 is 3.00 bits per heavy atom. The molecule has 0 aliphatic heterocycles. The summed E-state index contributed by atoms with van der Waals surface area (Å²) in [6.07, 6.45) is -0.543. The maximum Gasteiger partial charge on any atom is 0.263 e. The number of rotatable bonds is 4. The zero-order valence-electron chi connectivity index (χ0n) is 10.1. The van der Waals surface area contributed by atoms with Crippen LogP contribution in [-0.2, 0) is 0 Å². The van der Waals surface area contributed by atoms with Gasteiger partial charge in [0, 0.05) is 17.5 Å². The molecule has 0 saturated carbocycles. The highest BCUT2D eigenvalue weighted by molar-refractivity contribution is 7.17. The van der Waals surface area contributed by atoms with Crippen molar-refractivity contribution in [3.05, 3.63) is 27.4 Å². The minimum absolute atomic E-state index is 0.174. The van der Waals surface area contributed by atoms with E-state index in [9.17, 15) is 4.79 Å². The summed E-state index contributed by atoms with van der Waals surface area (Å²) in [6, 6.07) is 1.99. The van der Waals surface area contributed by atoms with Gasteiger partial charge in [0.2, 0.25) is 0 Å². The fourth-order valence-electron chi connectivity index (χ4n) is 1.44. The fourth-order valence-corrected chi connectivity index (χ4v) is 3.13. The monoisotopic (exact) mass is 282 g/mol. The molecule has 1 atom stereocenters. The molecule has 96 valence electrons. The highest BCUT2D eigenvalue weighted by Crippen LogP contribution is 2.29. The van der Waals surface area contributed by atoms with Crippen LogP contribution in [0.25, 0.3) is 10.6 Å².